The fourth-order valence-electron chi connectivity index (χ4n) is 1.41. The van der Waals surface area contributed by atoms with E-state index in [9.17, 15) is 10.2 Å². The van der Waals surface area contributed by atoms with Gasteiger partial charge in [0.05, 0.1) is 0 Å². The Hall–Kier alpha value is 0.0169. The Balaban J connectivity index is 2.21. The highest BCUT2D eigenvalue weighted by Crippen LogP contribution is 2.41. The third-order valence-electron chi connectivity index (χ3n) is 2.14. The highest BCUT2D eigenvalue weighted by Gasteiger charge is 2.65. The normalized spacial score (nSPS) is 52.2. The van der Waals surface area contributed by atoms with Crippen LogP contribution in [0.1, 0.15) is 13.8 Å². The molecule has 0 aromatic rings. The van der Waals surface area contributed by atoms with Crippen LogP contribution in [0.25, 0.3) is 0 Å². The van der Waals surface area contributed by atoms with Crippen LogP contribution < -0.4 is 0 Å². The van der Waals surface area contributed by atoms with E-state index in [4.69, 9.17) is 13.3 Å². The van der Waals surface area contributed by atoms with Crippen LogP contribution in [0, 0.1) is 0 Å². The molecule has 0 aromatic heterocycles. The average Bonchev–Trinajstić information content (AvgIpc) is 2.42. The average molecular weight is 192 g/mol. The number of hydrogen-bond acceptors (Lipinski definition) is 5. The first-order valence-corrected chi connectivity index (χ1v) is 5.75. The first-order chi connectivity index (χ1) is 5.55. The largest absolute Gasteiger partial charge is 0.508 e. The van der Waals surface area contributed by atoms with Gasteiger partial charge >= 0.3 is 8.80 Å². The van der Waals surface area contributed by atoms with E-state index in [1.165, 1.54) is 0 Å². The summed E-state index contributed by atoms with van der Waals surface area (Å²) in [6, 6.07) is 0. The summed E-state index contributed by atoms with van der Waals surface area (Å²) in [5, 5.41) is 18.5. The summed E-state index contributed by atoms with van der Waals surface area (Å²) in [4.78, 5) is 0. The van der Waals surface area contributed by atoms with Gasteiger partial charge in [-0.25, -0.2) is 0 Å². The number of aliphatic hydroxyl groups is 2. The molecule has 2 heterocycles. The minimum Gasteiger partial charge on any atom is -0.366 e. The van der Waals surface area contributed by atoms with Crippen molar-refractivity contribution < 1.29 is 23.5 Å². The minimum atomic E-state index is -2.74. The quantitative estimate of drug-likeness (QED) is 0.544. The van der Waals surface area contributed by atoms with Crippen molar-refractivity contribution in [2.45, 2.75) is 38.1 Å². The minimum absolute atomic E-state index is 0.0642. The second-order valence-corrected chi connectivity index (χ2v) is 6.43. The molecule has 0 radical (unpaired) electrons. The Labute approximate surface area is 71.2 Å². The molecule has 12 heavy (non-hydrogen) atoms. The van der Waals surface area contributed by atoms with E-state index in [1.807, 2.05) is 13.8 Å². The molecule has 0 amide bonds. The highest BCUT2D eigenvalue weighted by atomic mass is 28.4. The van der Waals surface area contributed by atoms with E-state index >= 15 is 0 Å². The third kappa shape index (κ3) is 0.967. The predicted molar refractivity (Wildman–Crippen MR) is 39.9 cm³/mol. The molecule has 2 fully saturated rings. The lowest BCUT2D eigenvalue weighted by Gasteiger charge is -2.27. The van der Waals surface area contributed by atoms with Gasteiger partial charge in [0.1, 0.15) is 6.10 Å². The molecule has 0 aliphatic carbocycles. The summed E-state index contributed by atoms with van der Waals surface area (Å²) in [7, 11) is -2.74. The van der Waals surface area contributed by atoms with Crippen molar-refractivity contribution in [3.05, 3.63) is 0 Å². The first kappa shape index (κ1) is 8.61. The summed E-state index contributed by atoms with van der Waals surface area (Å²) < 4.78 is 15.7. The maximum atomic E-state index is 9.25. The van der Waals surface area contributed by atoms with Gasteiger partial charge < -0.3 is 23.5 Å². The van der Waals surface area contributed by atoms with Gasteiger partial charge in [-0.1, -0.05) is 13.8 Å². The maximum absolute atomic E-state index is 9.25. The summed E-state index contributed by atoms with van der Waals surface area (Å²) in [6.07, 6.45) is -2.76. The highest BCUT2D eigenvalue weighted by molar-refractivity contribution is 6.63. The van der Waals surface area contributed by atoms with Gasteiger partial charge in [0.2, 0.25) is 0 Å². The molecular weight excluding hydrogens is 180 g/mol. The van der Waals surface area contributed by atoms with Gasteiger partial charge in [0.15, 0.2) is 12.6 Å². The van der Waals surface area contributed by atoms with Gasteiger partial charge in [-0.3, -0.25) is 0 Å². The maximum Gasteiger partial charge on any atom is 0.508 e. The number of fused-ring (bicyclic) bond motifs is 2. The molecule has 2 aliphatic heterocycles. The fourth-order valence-corrected chi connectivity index (χ4v) is 3.95. The van der Waals surface area contributed by atoms with Crippen molar-refractivity contribution in [1.82, 2.24) is 0 Å². The summed E-state index contributed by atoms with van der Waals surface area (Å²) >= 11 is 0. The van der Waals surface area contributed by atoms with E-state index in [2.05, 4.69) is 0 Å². The van der Waals surface area contributed by atoms with E-state index in [-0.39, 0.29) is 5.54 Å². The monoisotopic (exact) mass is 192 g/mol. The summed E-state index contributed by atoms with van der Waals surface area (Å²) in [5.41, 5.74) is 0.0642. The molecule has 0 saturated carbocycles. The molecule has 0 spiro atoms. The van der Waals surface area contributed by atoms with Crippen molar-refractivity contribution in [3.8, 4) is 0 Å². The smallest absolute Gasteiger partial charge is 0.366 e. The number of rotatable bonds is 1. The van der Waals surface area contributed by atoms with Crippen LogP contribution in [-0.2, 0) is 13.3 Å². The molecule has 5 nitrogen and oxygen atoms in total. The topological polar surface area (TPSA) is 68.2 Å². The zero-order valence-electron chi connectivity index (χ0n) is 6.93. The zero-order chi connectivity index (χ0) is 8.93. The second-order valence-electron chi connectivity index (χ2n) is 3.36. The van der Waals surface area contributed by atoms with Gasteiger partial charge in [-0.2, -0.15) is 0 Å². The van der Waals surface area contributed by atoms with Crippen molar-refractivity contribution >= 4 is 8.80 Å². The summed E-state index contributed by atoms with van der Waals surface area (Å²) in [5.74, 6) is 0. The number of aliphatic hydroxyl groups excluding tert-OH is 2. The molecule has 6 heteroatoms. The molecule has 2 aliphatic rings. The molecule has 70 valence electrons. The first-order valence-electron chi connectivity index (χ1n) is 3.95. The van der Waals surface area contributed by atoms with Crippen LogP contribution in [0.15, 0.2) is 0 Å². The van der Waals surface area contributed by atoms with Gasteiger partial charge in [0, 0.05) is 5.54 Å². The van der Waals surface area contributed by atoms with Gasteiger partial charge in [-0.15, -0.1) is 0 Å². The van der Waals surface area contributed by atoms with E-state index < -0.39 is 27.5 Å². The molecule has 2 N–H and O–H groups in total. The Morgan fingerprint density at radius 1 is 1.08 bits per heavy atom. The standard InChI is InChI=1S/C6H12O5Si/c1-3(2)12-9-4(5(7)10-12)6(8)11-12/h3-8H,1-2H3. The van der Waals surface area contributed by atoms with E-state index in [0.717, 1.165) is 0 Å². The Kier molecular flexibility index (Phi) is 1.80. The third-order valence-corrected chi connectivity index (χ3v) is 5.29. The van der Waals surface area contributed by atoms with Crippen molar-refractivity contribution in [3.63, 3.8) is 0 Å². The Morgan fingerprint density at radius 3 is 1.83 bits per heavy atom. The van der Waals surface area contributed by atoms with Crippen molar-refractivity contribution in [1.29, 1.82) is 0 Å². The van der Waals surface area contributed by atoms with Crippen molar-refractivity contribution in [2.75, 3.05) is 0 Å². The van der Waals surface area contributed by atoms with Crippen LogP contribution in [0.5, 0.6) is 0 Å². The second kappa shape index (κ2) is 2.50. The van der Waals surface area contributed by atoms with Crippen LogP contribution in [0.3, 0.4) is 0 Å². The zero-order valence-corrected chi connectivity index (χ0v) is 7.93. The van der Waals surface area contributed by atoms with E-state index in [1.54, 1.807) is 0 Å². The predicted octanol–water partition coefficient (Wildman–Crippen LogP) is -0.582. The van der Waals surface area contributed by atoms with Crippen LogP contribution in [0.4, 0.5) is 0 Å². The molecule has 2 rings (SSSR count). The Bertz CT molecular complexity index is 184. The molecule has 2 saturated heterocycles. The summed E-state index contributed by atoms with van der Waals surface area (Å²) in [6.45, 7) is 3.78. The lowest BCUT2D eigenvalue weighted by atomic mass is 10.3. The van der Waals surface area contributed by atoms with Crippen LogP contribution >= 0.6 is 0 Å². The fraction of sp³-hybridized carbons (Fsp3) is 1.00. The van der Waals surface area contributed by atoms with Crippen LogP contribution in [-0.4, -0.2) is 37.7 Å². The van der Waals surface area contributed by atoms with Crippen molar-refractivity contribution in [2.24, 2.45) is 0 Å². The molecule has 2 unspecified atom stereocenters. The molecular formula is C6H12O5Si. The molecule has 2 bridgehead atoms. The molecule has 2 atom stereocenters. The lowest BCUT2D eigenvalue weighted by Crippen LogP contribution is -2.47. The lowest BCUT2D eigenvalue weighted by molar-refractivity contribution is -0.163. The SMILES string of the molecule is CC(C)[Si]12OC(O)C(O1)C(O)O2. The molecule has 0 aromatic carbocycles. The van der Waals surface area contributed by atoms with Crippen LogP contribution in [0.2, 0.25) is 5.54 Å². The van der Waals surface area contributed by atoms with Gasteiger partial charge in [0.25, 0.3) is 0 Å². The van der Waals surface area contributed by atoms with E-state index in [0.29, 0.717) is 0 Å². The number of hydrogen-bond donors (Lipinski definition) is 2. The Morgan fingerprint density at radius 2 is 1.58 bits per heavy atom. The van der Waals surface area contributed by atoms with Gasteiger partial charge in [-0.05, 0) is 0 Å².